The summed E-state index contributed by atoms with van der Waals surface area (Å²) in [5.74, 6) is -1.41. The summed E-state index contributed by atoms with van der Waals surface area (Å²) in [6.07, 6.45) is 0. The molecule has 0 aliphatic rings. The number of carbonyl (C=O) groups is 1. The molecule has 0 radical (unpaired) electrons. The predicted octanol–water partition coefficient (Wildman–Crippen LogP) is 3.86. The molecule has 2 nitrogen and oxygen atoms in total. The van der Waals surface area contributed by atoms with Gasteiger partial charge in [-0.1, -0.05) is 12.1 Å². The van der Waals surface area contributed by atoms with E-state index in [1.54, 1.807) is 6.92 Å². The number of rotatable bonds is 3. The van der Waals surface area contributed by atoms with Gasteiger partial charge in [-0.25, -0.2) is 9.18 Å². The second-order valence-electron chi connectivity index (χ2n) is 2.87. The summed E-state index contributed by atoms with van der Waals surface area (Å²) in [5.41, 5.74) is 0.409. The molecule has 1 aromatic rings. The first kappa shape index (κ1) is 13.1. The maximum Gasteiger partial charge on any atom is 0.338 e. The van der Waals surface area contributed by atoms with E-state index < -0.39 is 15.6 Å². The first-order valence-electron chi connectivity index (χ1n) is 4.54. The number of hydrogen-bond acceptors (Lipinski definition) is 2. The van der Waals surface area contributed by atoms with Gasteiger partial charge in [0.2, 0.25) is 0 Å². The van der Waals surface area contributed by atoms with Gasteiger partial charge in [0.1, 0.15) is 0 Å². The largest absolute Gasteiger partial charge is 0.462 e. The summed E-state index contributed by atoms with van der Waals surface area (Å²) >= 11 is 1.25. The molecule has 0 saturated carbocycles. The molecule has 0 saturated heterocycles. The summed E-state index contributed by atoms with van der Waals surface area (Å²) in [4.78, 5) is 11.3. The maximum absolute atomic E-state index is 13.1. The van der Waals surface area contributed by atoms with Gasteiger partial charge in [0.25, 0.3) is 0 Å². The standard InChI is InChI=1S/C11H9F2IO2/c1-2-16-11(15)8-5-3-7(4-6-8)9(12)10(13)14/h3-6H,2H2,1H3/b10-9+. The lowest BCUT2D eigenvalue weighted by atomic mass is 10.1. The second kappa shape index (κ2) is 5.93. The van der Waals surface area contributed by atoms with Gasteiger partial charge in [0.05, 0.1) is 12.2 Å². The Bertz CT molecular complexity index is 408. The zero-order valence-corrected chi connectivity index (χ0v) is 10.6. The first-order valence-corrected chi connectivity index (χ1v) is 5.62. The Hall–Kier alpha value is -0.980. The molecule has 0 bridgehead atoms. The highest BCUT2D eigenvalue weighted by Gasteiger charge is 2.09. The van der Waals surface area contributed by atoms with Crippen LogP contribution >= 0.6 is 22.6 Å². The highest BCUT2D eigenvalue weighted by atomic mass is 127. The van der Waals surface area contributed by atoms with Crippen LogP contribution in [0.3, 0.4) is 0 Å². The average molecular weight is 338 g/mol. The van der Waals surface area contributed by atoms with Gasteiger partial charge < -0.3 is 4.74 Å². The fourth-order valence-electron chi connectivity index (χ4n) is 1.08. The molecule has 86 valence electrons. The Labute approximate surface area is 105 Å². The van der Waals surface area contributed by atoms with Crippen molar-refractivity contribution in [2.45, 2.75) is 6.92 Å². The van der Waals surface area contributed by atoms with Crippen LogP contribution in [0.25, 0.3) is 5.83 Å². The van der Waals surface area contributed by atoms with Crippen LogP contribution in [0.1, 0.15) is 22.8 Å². The molecule has 0 aliphatic carbocycles. The van der Waals surface area contributed by atoms with Crippen molar-refractivity contribution in [3.8, 4) is 0 Å². The minimum atomic E-state index is -0.934. The van der Waals surface area contributed by atoms with Gasteiger partial charge in [0.15, 0.2) is 9.66 Å². The van der Waals surface area contributed by atoms with Crippen LogP contribution in [0, 0.1) is 0 Å². The van der Waals surface area contributed by atoms with Gasteiger partial charge in [0, 0.05) is 5.56 Å². The molecule has 0 amide bonds. The van der Waals surface area contributed by atoms with Gasteiger partial charge in [-0.15, -0.1) is 0 Å². The van der Waals surface area contributed by atoms with Gasteiger partial charge in [-0.3, -0.25) is 0 Å². The Kier molecular flexibility index (Phi) is 4.85. The van der Waals surface area contributed by atoms with E-state index in [1.165, 1.54) is 46.9 Å². The zero-order valence-electron chi connectivity index (χ0n) is 8.47. The van der Waals surface area contributed by atoms with Crippen molar-refractivity contribution in [2.24, 2.45) is 0 Å². The molecular weight excluding hydrogens is 329 g/mol. The van der Waals surface area contributed by atoms with E-state index in [1.807, 2.05) is 0 Å². The molecule has 5 heteroatoms. The number of carbonyl (C=O) groups excluding carboxylic acids is 1. The van der Waals surface area contributed by atoms with Crippen molar-refractivity contribution in [3.05, 3.63) is 39.2 Å². The van der Waals surface area contributed by atoms with Crippen LogP contribution in [0.2, 0.25) is 0 Å². The predicted molar refractivity (Wildman–Crippen MR) is 65.6 cm³/mol. The average Bonchev–Trinajstić information content (AvgIpc) is 2.28. The van der Waals surface area contributed by atoms with Gasteiger partial charge >= 0.3 is 5.97 Å². The Morgan fingerprint density at radius 3 is 2.19 bits per heavy atom. The third-order valence-electron chi connectivity index (χ3n) is 1.82. The van der Waals surface area contributed by atoms with E-state index in [9.17, 15) is 13.6 Å². The Balaban J connectivity index is 2.92. The number of esters is 1. The highest BCUT2D eigenvalue weighted by molar-refractivity contribution is 14.1. The van der Waals surface area contributed by atoms with Crippen molar-refractivity contribution < 1.29 is 18.3 Å². The SMILES string of the molecule is CCOC(=O)c1ccc(/C(F)=C(/F)I)cc1. The van der Waals surface area contributed by atoms with Crippen molar-refractivity contribution in [1.29, 1.82) is 0 Å². The second-order valence-corrected chi connectivity index (χ2v) is 3.82. The molecule has 0 aliphatic heterocycles. The van der Waals surface area contributed by atoms with Crippen LogP contribution in [0.15, 0.2) is 28.1 Å². The minimum absolute atomic E-state index is 0.0972. The summed E-state index contributed by atoms with van der Waals surface area (Å²) in [5, 5.41) is 0. The molecule has 0 spiro atoms. The molecule has 1 aromatic carbocycles. The molecular formula is C11H9F2IO2. The van der Waals surface area contributed by atoms with Gasteiger partial charge in [-0.2, -0.15) is 4.39 Å². The number of halogens is 3. The fourth-order valence-corrected chi connectivity index (χ4v) is 1.39. The first-order chi connectivity index (χ1) is 7.56. The van der Waals surface area contributed by atoms with Crippen molar-refractivity contribution in [1.82, 2.24) is 0 Å². The monoisotopic (exact) mass is 338 g/mol. The number of benzene rings is 1. The highest BCUT2D eigenvalue weighted by Crippen LogP contribution is 2.25. The summed E-state index contributed by atoms with van der Waals surface area (Å²) in [6, 6.07) is 5.46. The van der Waals surface area contributed by atoms with Crippen LogP contribution in [-0.2, 0) is 4.74 Å². The summed E-state index contributed by atoms with van der Waals surface area (Å²) in [6.45, 7) is 1.97. The van der Waals surface area contributed by atoms with E-state index in [2.05, 4.69) is 0 Å². The molecule has 16 heavy (non-hydrogen) atoms. The van der Waals surface area contributed by atoms with Crippen molar-refractivity contribution in [3.63, 3.8) is 0 Å². The smallest absolute Gasteiger partial charge is 0.338 e. The molecule has 0 N–H and O–H groups in total. The van der Waals surface area contributed by atoms with Crippen LogP contribution in [-0.4, -0.2) is 12.6 Å². The third kappa shape index (κ3) is 3.26. The molecule has 0 unspecified atom stereocenters. The lowest BCUT2D eigenvalue weighted by Gasteiger charge is -2.02. The summed E-state index contributed by atoms with van der Waals surface area (Å²) < 4.78 is 29.5. The Morgan fingerprint density at radius 1 is 1.25 bits per heavy atom. The van der Waals surface area contributed by atoms with Crippen molar-refractivity contribution in [2.75, 3.05) is 6.61 Å². The van der Waals surface area contributed by atoms with Crippen LogP contribution < -0.4 is 0 Å². The third-order valence-corrected chi connectivity index (χ3v) is 2.29. The van der Waals surface area contributed by atoms with E-state index >= 15 is 0 Å². The Morgan fingerprint density at radius 2 is 1.75 bits per heavy atom. The maximum atomic E-state index is 13.1. The number of ether oxygens (including phenoxy) is 1. The van der Waals surface area contributed by atoms with Gasteiger partial charge in [-0.05, 0) is 41.6 Å². The lowest BCUT2D eigenvalue weighted by Crippen LogP contribution is -2.04. The quantitative estimate of drug-likeness (QED) is 0.618. The molecule has 0 fully saturated rings. The minimum Gasteiger partial charge on any atom is -0.462 e. The van der Waals surface area contributed by atoms with E-state index in [0.717, 1.165) is 0 Å². The summed E-state index contributed by atoms with van der Waals surface area (Å²) in [7, 11) is 0. The number of hydrogen-bond donors (Lipinski definition) is 0. The molecule has 0 aromatic heterocycles. The normalized spacial score (nSPS) is 12.0. The van der Waals surface area contributed by atoms with E-state index in [4.69, 9.17) is 4.74 Å². The molecule has 0 atom stereocenters. The fraction of sp³-hybridized carbons (Fsp3) is 0.182. The molecule has 0 heterocycles. The van der Waals surface area contributed by atoms with Crippen molar-refractivity contribution >= 4 is 34.4 Å². The molecule has 1 rings (SSSR count). The van der Waals surface area contributed by atoms with E-state index in [-0.39, 0.29) is 12.2 Å². The zero-order chi connectivity index (χ0) is 12.1. The van der Waals surface area contributed by atoms with Crippen LogP contribution in [0.4, 0.5) is 8.78 Å². The van der Waals surface area contributed by atoms with Crippen LogP contribution in [0.5, 0.6) is 0 Å². The van der Waals surface area contributed by atoms with E-state index in [0.29, 0.717) is 5.56 Å². The lowest BCUT2D eigenvalue weighted by molar-refractivity contribution is 0.0526. The topological polar surface area (TPSA) is 26.3 Å².